The van der Waals surface area contributed by atoms with Gasteiger partial charge in [-0.25, -0.2) is 4.79 Å². The number of carboxylic acid groups (broad SMARTS) is 1. The van der Waals surface area contributed by atoms with Crippen molar-refractivity contribution in [3.05, 3.63) is 35.9 Å². The quantitative estimate of drug-likeness (QED) is 0.683. The fraction of sp³-hybridized carbons (Fsp3) is 0.357. The highest BCUT2D eigenvalue weighted by Gasteiger charge is 2.24. The number of carbonyl (C=O) groups is 3. The molecule has 0 fully saturated rings. The van der Waals surface area contributed by atoms with Crippen molar-refractivity contribution in [3.63, 3.8) is 0 Å². The molecule has 6 heteroatoms. The van der Waals surface area contributed by atoms with Gasteiger partial charge in [0.1, 0.15) is 6.04 Å². The van der Waals surface area contributed by atoms with Crippen molar-refractivity contribution in [2.45, 2.75) is 19.9 Å². The monoisotopic (exact) mass is 278 g/mol. The van der Waals surface area contributed by atoms with E-state index in [0.717, 1.165) is 0 Å². The Morgan fingerprint density at radius 2 is 1.75 bits per heavy atom. The van der Waals surface area contributed by atoms with E-state index in [0.29, 0.717) is 5.56 Å². The molecule has 0 aromatic heterocycles. The van der Waals surface area contributed by atoms with Gasteiger partial charge in [-0.2, -0.15) is 0 Å². The molecule has 0 radical (unpaired) electrons. The average Bonchev–Trinajstić information content (AvgIpc) is 2.42. The van der Waals surface area contributed by atoms with Gasteiger partial charge in [0.2, 0.25) is 5.91 Å². The van der Waals surface area contributed by atoms with Crippen LogP contribution in [0.4, 0.5) is 4.79 Å². The molecule has 3 N–H and O–H groups in total. The zero-order valence-corrected chi connectivity index (χ0v) is 11.4. The molecule has 1 rings (SSSR count). The summed E-state index contributed by atoms with van der Waals surface area (Å²) in [6.07, 6.45) is -1.27. The van der Waals surface area contributed by atoms with Gasteiger partial charge in [0, 0.05) is 5.56 Å². The molecule has 1 atom stereocenters. The van der Waals surface area contributed by atoms with Crippen molar-refractivity contribution in [3.8, 4) is 0 Å². The van der Waals surface area contributed by atoms with Crippen LogP contribution in [-0.2, 0) is 4.79 Å². The zero-order chi connectivity index (χ0) is 15.1. The lowest BCUT2D eigenvalue weighted by Crippen LogP contribution is -2.50. The van der Waals surface area contributed by atoms with Gasteiger partial charge < -0.3 is 15.7 Å². The van der Waals surface area contributed by atoms with Crippen LogP contribution in [0.2, 0.25) is 0 Å². The lowest BCUT2D eigenvalue weighted by molar-refractivity contribution is -0.123. The van der Waals surface area contributed by atoms with E-state index in [-0.39, 0.29) is 18.2 Å². The van der Waals surface area contributed by atoms with Gasteiger partial charge in [-0.3, -0.25) is 9.59 Å². The molecule has 0 saturated carbocycles. The molecule has 1 unspecified atom stereocenters. The molecule has 0 aliphatic carbocycles. The Morgan fingerprint density at radius 3 is 2.25 bits per heavy atom. The lowest BCUT2D eigenvalue weighted by atomic mass is 10.0. The minimum absolute atomic E-state index is 0.159. The number of Topliss-reactive ketones (excluding diaryl/α,β-unsaturated/α-hetero) is 1. The molecule has 20 heavy (non-hydrogen) atoms. The van der Waals surface area contributed by atoms with Gasteiger partial charge in [0.05, 0.1) is 6.54 Å². The third kappa shape index (κ3) is 4.72. The Labute approximate surface area is 117 Å². The summed E-state index contributed by atoms with van der Waals surface area (Å²) >= 11 is 0. The molecule has 1 aromatic carbocycles. The Kier molecular flexibility index (Phi) is 5.71. The highest BCUT2D eigenvalue weighted by Crippen LogP contribution is 2.03. The molecule has 0 saturated heterocycles. The number of amides is 2. The first-order chi connectivity index (χ1) is 9.41. The van der Waals surface area contributed by atoms with Crippen LogP contribution in [-0.4, -0.2) is 35.5 Å². The van der Waals surface area contributed by atoms with Crippen molar-refractivity contribution < 1.29 is 19.5 Å². The topological polar surface area (TPSA) is 95.5 Å². The van der Waals surface area contributed by atoms with E-state index in [1.807, 2.05) is 0 Å². The van der Waals surface area contributed by atoms with Crippen LogP contribution >= 0.6 is 0 Å². The fourth-order valence-electron chi connectivity index (χ4n) is 1.67. The third-order valence-electron chi connectivity index (χ3n) is 2.75. The van der Waals surface area contributed by atoms with Gasteiger partial charge in [-0.15, -0.1) is 0 Å². The fourth-order valence-corrected chi connectivity index (χ4v) is 1.67. The largest absolute Gasteiger partial charge is 0.465 e. The van der Waals surface area contributed by atoms with Crippen LogP contribution in [0.3, 0.4) is 0 Å². The van der Waals surface area contributed by atoms with E-state index in [4.69, 9.17) is 5.11 Å². The summed E-state index contributed by atoms with van der Waals surface area (Å²) in [7, 11) is 0. The Morgan fingerprint density at radius 1 is 1.15 bits per heavy atom. The van der Waals surface area contributed by atoms with E-state index >= 15 is 0 Å². The molecule has 2 amide bonds. The first-order valence-corrected chi connectivity index (χ1v) is 6.27. The summed E-state index contributed by atoms with van der Waals surface area (Å²) in [6.45, 7) is 3.28. The average molecular weight is 278 g/mol. The molecular formula is C14H18N2O4. The van der Waals surface area contributed by atoms with Gasteiger partial charge >= 0.3 is 6.09 Å². The SMILES string of the molecule is CC(C)C(NC(=O)O)C(=O)NCC(=O)c1ccccc1. The van der Waals surface area contributed by atoms with Crippen molar-refractivity contribution >= 4 is 17.8 Å². The van der Waals surface area contributed by atoms with E-state index in [9.17, 15) is 14.4 Å². The lowest BCUT2D eigenvalue weighted by Gasteiger charge is -2.19. The second-order valence-corrected chi connectivity index (χ2v) is 4.68. The van der Waals surface area contributed by atoms with E-state index < -0.39 is 18.0 Å². The van der Waals surface area contributed by atoms with Crippen LogP contribution in [0.25, 0.3) is 0 Å². The molecule has 0 aliphatic rings. The second kappa shape index (κ2) is 7.28. The number of hydrogen-bond acceptors (Lipinski definition) is 3. The maximum atomic E-state index is 11.9. The van der Waals surface area contributed by atoms with Gasteiger partial charge in [0.25, 0.3) is 0 Å². The van der Waals surface area contributed by atoms with Gasteiger partial charge in [0.15, 0.2) is 5.78 Å². The summed E-state index contributed by atoms with van der Waals surface area (Å²) in [5, 5.41) is 13.3. The molecule has 0 spiro atoms. The number of hydrogen-bond donors (Lipinski definition) is 3. The van der Waals surface area contributed by atoms with E-state index in [1.165, 1.54) is 0 Å². The van der Waals surface area contributed by atoms with Crippen molar-refractivity contribution in [2.24, 2.45) is 5.92 Å². The molecule has 0 aliphatic heterocycles. The summed E-state index contributed by atoms with van der Waals surface area (Å²) in [6, 6.07) is 7.70. The Balaban J connectivity index is 2.57. The Bertz CT molecular complexity index is 485. The number of rotatable bonds is 6. The van der Waals surface area contributed by atoms with E-state index in [2.05, 4.69) is 10.6 Å². The minimum Gasteiger partial charge on any atom is -0.465 e. The first-order valence-electron chi connectivity index (χ1n) is 6.27. The third-order valence-corrected chi connectivity index (χ3v) is 2.75. The first kappa shape index (κ1) is 15.7. The van der Waals surface area contributed by atoms with Crippen LogP contribution < -0.4 is 10.6 Å². The van der Waals surface area contributed by atoms with Crippen molar-refractivity contribution in [1.82, 2.24) is 10.6 Å². The van der Waals surface area contributed by atoms with Crippen LogP contribution in [0.5, 0.6) is 0 Å². The standard InChI is InChI=1S/C14H18N2O4/c1-9(2)12(16-14(19)20)13(18)15-8-11(17)10-6-4-3-5-7-10/h3-7,9,12,16H,8H2,1-2H3,(H,15,18)(H,19,20). The predicted octanol–water partition coefficient (Wildman–Crippen LogP) is 1.28. The summed E-state index contributed by atoms with van der Waals surface area (Å²) in [5.74, 6) is -0.943. The molecule has 1 aromatic rings. The summed E-state index contributed by atoms with van der Waals surface area (Å²) in [4.78, 5) is 34.3. The molecule has 6 nitrogen and oxygen atoms in total. The molecular weight excluding hydrogens is 260 g/mol. The van der Waals surface area contributed by atoms with Gasteiger partial charge in [-0.05, 0) is 5.92 Å². The number of nitrogens with one attached hydrogen (secondary N) is 2. The second-order valence-electron chi connectivity index (χ2n) is 4.68. The van der Waals surface area contributed by atoms with Gasteiger partial charge in [-0.1, -0.05) is 44.2 Å². The predicted molar refractivity (Wildman–Crippen MR) is 73.6 cm³/mol. The van der Waals surface area contributed by atoms with Crippen molar-refractivity contribution in [1.29, 1.82) is 0 Å². The molecule has 108 valence electrons. The molecule has 0 bridgehead atoms. The number of carbonyl (C=O) groups excluding carboxylic acids is 2. The van der Waals surface area contributed by atoms with E-state index in [1.54, 1.807) is 44.2 Å². The maximum absolute atomic E-state index is 11.9. The Hall–Kier alpha value is -2.37. The minimum atomic E-state index is -1.27. The highest BCUT2D eigenvalue weighted by atomic mass is 16.4. The number of ketones is 1. The van der Waals surface area contributed by atoms with Crippen LogP contribution in [0, 0.1) is 5.92 Å². The molecule has 0 heterocycles. The zero-order valence-electron chi connectivity index (χ0n) is 11.4. The maximum Gasteiger partial charge on any atom is 0.405 e. The summed E-state index contributed by atoms with van der Waals surface area (Å²) in [5.41, 5.74) is 0.500. The van der Waals surface area contributed by atoms with Crippen LogP contribution in [0.1, 0.15) is 24.2 Å². The number of benzene rings is 1. The normalized spacial score (nSPS) is 11.8. The smallest absolute Gasteiger partial charge is 0.405 e. The van der Waals surface area contributed by atoms with Crippen molar-refractivity contribution in [2.75, 3.05) is 6.54 Å². The highest BCUT2D eigenvalue weighted by molar-refractivity contribution is 6.00. The summed E-state index contributed by atoms with van der Waals surface area (Å²) < 4.78 is 0. The van der Waals surface area contributed by atoms with Crippen LogP contribution in [0.15, 0.2) is 30.3 Å².